The lowest BCUT2D eigenvalue weighted by Gasteiger charge is -2.16. The van der Waals surface area contributed by atoms with Crippen LogP contribution in [0.2, 0.25) is 0 Å². The highest BCUT2D eigenvalue weighted by Gasteiger charge is 2.31. The Balaban J connectivity index is 2.96. The molecule has 2 atom stereocenters. The van der Waals surface area contributed by atoms with Gasteiger partial charge in [-0.3, -0.25) is 0 Å². The molecule has 6 heteroatoms. The summed E-state index contributed by atoms with van der Waals surface area (Å²) in [4.78, 5) is 11.1. The van der Waals surface area contributed by atoms with E-state index in [0.717, 1.165) is 18.2 Å². The third-order valence-electron chi connectivity index (χ3n) is 2.16. The van der Waals surface area contributed by atoms with Crippen LogP contribution in [0, 0.1) is 11.6 Å². The first-order chi connectivity index (χ1) is 7.99. The highest BCUT2D eigenvalue weighted by molar-refractivity contribution is 5.75. The van der Waals surface area contributed by atoms with E-state index in [-0.39, 0.29) is 6.61 Å². The van der Waals surface area contributed by atoms with E-state index in [4.69, 9.17) is 5.73 Å². The first-order valence-electron chi connectivity index (χ1n) is 4.99. The van der Waals surface area contributed by atoms with Gasteiger partial charge in [0.2, 0.25) is 6.17 Å². The number of esters is 1. The van der Waals surface area contributed by atoms with Crippen molar-refractivity contribution in [3.63, 3.8) is 0 Å². The van der Waals surface area contributed by atoms with Crippen LogP contribution in [0.1, 0.15) is 18.5 Å². The molecule has 1 rings (SSSR count). The van der Waals surface area contributed by atoms with Gasteiger partial charge in [-0.1, -0.05) is 6.07 Å². The zero-order valence-corrected chi connectivity index (χ0v) is 9.12. The highest BCUT2D eigenvalue weighted by atomic mass is 19.1. The van der Waals surface area contributed by atoms with Crippen LogP contribution in [-0.2, 0) is 9.53 Å². The third kappa shape index (κ3) is 2.97. The Labute approximate surface area is 96.4 Å². The summed E-state index contributed by atoms with van der Waals surface area (Å²) in [6.07, 6.45) is -2.30. The summed E-state index contributed by atoms with van der Waals surface area (Å²) in [5.41, 5.74) is 4.66. The van der Waals surface area contributed by atoms with E-state index < -0.39 is 35.4 Å². The largest absolute Gasteiger partial charge is 0.464 e. The van der Waals surface area contributed by atoms with Crippen LogP contribution in [-0.4, -0.2) is 18.7 Å². The molecule has 0 radical (unpaired) electrons. The summed E-state index contributed by atoms with van der Waals surface area (Å²) < 4.78 is 44.4. The van der Waals surface area contributed by atoms with Gasteiger partial charge in [0.15, 0.2) is 0 Å². The first kappa shape index (κ1) is 13.5. The summed E-state index contributed by atoms with van der Waals surface area (Å²) in [5.74, 6) is -3.23. The molecular formula is C11H12F3NO2. The zero-order valence-electron chi connectivity index (χ0n) is 9.12. The van der Waals surface area contributed by atoms with Gasteiger partial charge in [-0.15, -0.1) is 0 Å². The van der Waals surface area contributed by atoms with E-state index >= 15 is 0 Å². The van der Waals surface area contributed by atoms with Crippen LogP contribution in [0.5, 0.6) is 0 Å². The Morgan fingerprint density at radius 3 is 2.41 bits per heavy atom. The smallest absolute Gasteiger partial charge is 0.342 e. The monoisotopic (exact) mass is 247 g/mol. The lowest BCUT2D eigenvalue weighted by atomic mass is 10.0. The van der Waals surface area contributed by atoms with Gasteiger partial charge >= 0.3 is 5.97 Å². The molecule has 1 aromatic carbocycles. The third-order valence-corrected chi connectivity index (χ3v) is 2.16. The minimum atomic E-state index is -2.30. The summed E-state index contributed by atoms with van der Waals surface area (Å²) in [6.45, 7) is 1.45. The Hall–Kier alpha value is -1.56. The second-order valence-electron chi connectivity index (χ2n) is 3.31. The number of benzene rings is 1. The van der Waals surface area contributed by atoms with Crippen LogP contribution in [0.4, 0.5) is 13.2 Å². The predicted octanol–water partition coefficient (Wildman–Crippen LogP) is 1.87. The van der Waals surface area contributed by atoms with Crippen molar-refractivity contribution >= 4 is 5.97 Å². The number of alkyl halides is 1. The Kier molecular flexibility index (Phi) is 4.51. The molecule has 0 fully saturated rings. The van der Waals surface area contributed by atoms with E-state index in [1.54, 1.807) is 0 Å². The lowest BCUT2D eigenvalue weighted by molar-refractivity contribution is -0.150. The van der Waals surface area contributed by atoms with Gasteiger partial charge in [0.25, 0.3) is 0 Å². The molecule has 0 bridgehead atoms. The molecule has 0 spiro atoms. The molecule has 0 heterocycles. The molecule has 3 nitrogen and oxygen atoms in total. The van der Waals surface area contributed by atoms with Crippen LogP contribution in [0.25, 0.3) is 0 Å². The summed E-state index contributed by atoms with van der Waals surface area (Å²) >= 11 is 0. The van der Waals surface area contributed by atoms with Crippen molar-refractivity contribution in [2.24, 2.45) is 5.73 Å². The average Bonchev–Trinajstić information content (AvgIpc) is 2.27. The highest BCUT2D eigenvalue weighted by Crippen LogP contribution is 2.23. The molecule has 17 heavy (non-hydrogen) atoms. The van der Waals surface area contributed by atoms with Crippen LogP contribution in [0.15, 0.2) is 18.2 Å². The van der Waals surface area contributed by atoms with Crippen LogP contribution < -0.4 is 5.73 Å². The van der Waals surface area contributed by atoms with Crippen LogP contribution in [0.3, 0.4) is 0 Å². The number of hydrogen-bond acceptors (Lipinski definition) is 3. The minimum absolute atomic E-state index is 0.0360. The molecule has 94 valence electrons. The first-order valence-corrected chi connectivity index (χ1v) is 4.99. The van der Waals surface area contributed by atoms with Gasteiger partial charge in [0, 0.05) is 5.56 Å². The fraction of sp³-hybridized carbons (Fsp3) is 0.364. The predicted molar refractivity (Wildman–Crippen MR) is 54.8 cm³/mol. The number of ether oxygens (including phenoxy) is 1. The summed E-state index contributed by atoms with van der Waals surface area (Å²) in [5, 5.41) is 0. The minimum Gasteiger partial charge on any atom is -0.464 e. The number of rotatable bonds is 4. The quantitative estimate of drug-likeness (QED) is 0.826. The van der Waals surface area contributed by atoms with E-state index in [9.17, 15) is 18.0 Å². The van der Waals surface area contributed by atoms with E-state index in [1.807, 2.05) is 0 Å². The molecule has 0 aliphatic carbocycles. The number of nitrogens with two attached hydrogens (primary N) is 1. The maximum atomic E-state index is 13.5. The molecule has 1 aromatic rings. The number of hydrogen-bond donors (Lipinski definition) is 1. The summed E-state index contributed by atoms with van der Waals surface area (Å²) in [7, 11) is 0. The molecular weight excluding hydrogens is 235 g/mol. The fourth-order valence-corrected chi connectivity index (χ4v) is 1.34. The number of halogens is 3. The molecule has 0 saturated heterocycles. The van der Waals surface area contributed by atoms with Gasteiger partial charge in [0.1, 0.15) is 11.6 Å². The fourth-order valence-electron chi connectivity index (χ4n) is 1.34. The molecule has 2 N–H and O–H groups in total. The average molecular weight is 247 g/mol. The van der Waals surface area contributed by atoms with Crippen molar-refractivity contribution in [3.05, 3.63) is 35.4 Å². The van der Waals surface area contributed by atoms with Crippen molar-refractivity contribution in [3.8, 4) is 0 Å². The second kappa shape index (κ2) is 5.67. The lowest BCUT2D eigenvalue weighted by Crippen LogP contribution is -2.32. The van der Waals surface area contributed by atoms with E-state index in [0.29, 0.717) is 0 Å². The number of carbonyl (C=O) groups is 1. The van der Waals surface area contributed by atoms with Crippen molar-refractivity contribution in [2.45, 2.75) is 19.1 Å². The zero-order chi connectivity index (χ0) is 13.0. The molecule has 1 unspecified atom stereocenters. The second-order valence-corrected chi connectivity index (χ2v) is 3.31. The maximum Gasteiger partial charge on any atom is 0.342 e. The maximum absolute atomic E-state index is 13.5. The molecule has 0 amide bonds. The SMILES string of the molecule is CCOC(=O)C(F)[C@H](N)c1c(F)cccc1F. The van der Waals surface area contributed by atoms with Gasteiger partial charge in [-0.2, -0.15) is 0 Å². The summed E-state index contributed by atoms with van der Waals surface area (Å²) in [6, 6.07) is 1.28. The normalized spacial score (nSPS) is 14.2. The molecule has 0 aliphatic heterocycles. The van der Waals surface area contributed by atoms with E-state index in [1.165, 1.54) is 6.92 Å². The Bertz CT molecular complexity index is 391. The van der Waals surface area contributed by atoms with Gasteiger partial charge in [0.05, 0.1) is 12.6 Å². The van der Waals surface area contributed by atoms with Gasteiger partial charge in [-0.25, -0.2) is 18.0 Å². The molecule has 0 aliphatic rings. The Morgan fingerprint density at radius 1 is 1.41 bits per heavy atom. The molecule has 0 aromatic heterocycles. The molecule has 0 saturated carbocycles. The van der Waals surface area contributed by atoms with Crippen molar-refractivity contribution in [2.75, 3.05) is 6.61 Å². The number of carbonyl (C=O) groups excluding carboxylic acids is 1. The van der Waals surface area contributed by atoms with Crippen LogP contribution >= 0.6 is 0 Å². The Morgan fingerprint density at radius 2 is 1.94 bits per heavy atom. The van der Waals surface area contributed by atoms with Crippen molar-refractivity contribution < 1.29 is 22.7 Å². The standard InChI is InChI=1S/C11H12F3NO2/c1-2-17-11(16)9(14)10(15)8-6(12)4-3-5-7(8)13/h3-5,9-10H,2,15H2,1H3/t9?,10-/m1/s1. The van der Waals surface area contributed by atoms with Crippen molar-refractivity contribution in [1.29, 1.82) is 0 Å². The van der Waals surface area contributed by atoms with Gasteiger partial charge in [-0.05, 0) is 19.1 Å². The topological polar surface area (TPSA) is 52.3 Å². The van der Waals surface area contributed by atoms with Crippen molar-refractivity contribution in [1.82, 2.24) is 0 Å². The van der Waals surface area contributed by atoms with Gasteiger partial charge < -0.3 is 10.5 Å². The van der Waals surface area contributed by atoms with E-state index in [2.05, 4.69) is 4.74 Å².